The molecular formula is C22H27F3N4O4S. The molecule has 0 spiro atoms. The first-order valence-electron chi connectivity index (χ1n) is 11.1. The maximum atomic E-state index is 13.3. The Morgan fingerprint density at radius 2 is 1.97 bits per heavy atom. The summed E-state index contributed by atoms with van der Waals surface area (Å²) in [5.41, 5.74) is -0.491. The molecule has 1 N–H and O–H groups in total. The SMILES string of the molecule is CO[C@@H]1CC[C@H](N2CC[C@H](Nc3ncnc4ccc(C(F)(F)F)cc34)C2=O)[C@@H](CS(C)(=O)=O)C1. The number of aromatic nitrogens is 2. The summed E-state index contributed by atoms with van der Waals surface area (Å²) in [7, 11) is -1.66. The average molecular weight is 501 g/mol. The number of benzene rings is 1. The van der Waals surface area contributed by atoms with Gasteiger partial charge in [0.2, 0.25) is 5.91 Å². The van der Waals surface area contributed by atoms with Crippen LogP contribution >= 0.6 is 0 Å². The van der Waals surface area contributed by atoms with Gasteiger partial charge in [0.15, 0.2) is 0 Å². The molecule has 4 atom stereocenters. The van der Waals surface area contributed by atoms with Crippen molar-refractivity contribution in [3.63, 3.8) is 0 Å². The molecule has 12 heteroatoms. The van der Waals surface area contributed by atoms with Gasteiger partial charge in [-0.15, -0.1) is 0 Å². The summed E-state index contributed by atoms with van der Waals surface area (Å²) in [5.74, 6) is -0.327. The minimum Gasteiger partial charge on any atom is -0.381 e. The molecule has 2 aromatic rings. The van der Waals surface area contributed by atoms with Crippen molar-refractivity contribution in [2.24, 2.45) is 5.92 Å². The standard InChI is InChI=1S/C22H27F3N4O4S/c1-33-15-4-6-19(13(9-15)11-34(2,31)32)29-8-7-18(21(29)30)28-20-16-10-14(22(23,24)25)3-5-17(16)26-12-27-20/h3,5,10,12-13,15,18-19H,4,6-9,11H2,1-2H3,(H,26,27,28)/t13-,15-,18+,19+/m1/s1. The number of likely N-dealkylation sites (tertiary alicyclic amines) is 1. The van der Waals surface area contributed by atoms with Crippen LogP contribution < -0.4 is 5.32 Å². The number of ether oxygens (including phenoxy) is 1. The van der Waals surface area contributed by atoms with Gasteiger partial charge in [-0.25, -0.2) is 18.4 Å². The summed E-state index contributed by atoms with van der Waals surface area (Å²) < 4.78 is 69.1. The van der Waals surface area contributed by atoms with Crippen LogP contribution in [0.4, 0.5) is 19.0 Å². The number of sulfone groups is 1. The van der Waals surface area contributed by atoms with E-state index in [1.165, 1.54) is 18.6 Å². The van der Waals surface area contributed by atoms with Crippen LogP contribution in [-0.2, 0) is 25.5 Å². The Labute approximate surface area is 195 Å². The third-order valence-electron chi connectivity index (χ3n) is 6.66. The van der Waals surface area contributed by atoms with Crippen LogP contribution in [0.2, 0.25) is 0 Å². The number of methoxy groups -OCH3 is 1. The smallest absolute Gasteiger partial charge is 0.381 e. The fourth-order valence-corrected chi connectivity index (χ4v) is 6.21. The van der Waals surface area contributed by atoms with E-state index in [4.69, 9.17) is 4.74 Å². The van der Waals surface area contributed by atoms with Crippen molar-refractivity contribution in [3.05, 3.63) is 30.1 Å². The van der Waals surface area contributed by atoms with Crippen molar-refractivity contribution in [3.8, 4) is 0 Å². The van der Waals surface area contributed by atoms with Gasteiger partial charge in [0.05, 0.1) is 22.9 Å². The maximum absolute atomic E-state index is 13.3. The van der Waals surface area contributed by atoms with Gasteiger partial charge in [0.25, 0.3) is 0 Å². The Bertz CT molecular complexity index is 1170. The van der Waals surface area contributed by atoms with Gasteiger partial charge in [0, 0.05) is 31.3 Å². The Hall–Kier alpha value is -2.47. The zero-order chi connectivity index (χ0) is 24.7. The number of carbonyl (C=O) groups is 1. The highest BCUT2D eigenvalue weighted by Gasteiger charge is 2.43. The van der Waals surface area contributed by atoms with Crippen LogP contribution in [0.1, 0.15) is 31.2 Å². The van der Waals surface area contributed by atoms with Crippen molar-refractivity contribution in [1.82, 2.24) is 14.9 Å². The number of alkyl halides is 3. The Morgan fingerprint density at radius 3 is 2.65 bits per heavy atom. The lowest BCUT2D eigenvalue weighted by atomic mass is 9.83. The molecule has 1 saturated carbocycles. The Morgan fingerprint density at radius 1 is 1.21 bits per heavy atom. The molecule has 1 aliphatic carbocycles. The average Bonchev–Trinajstić information content (AvgIpc) is 3.11. The number of carbonyl (C=O) groups excluding carboxylic acids is 1. The van der Waals surface area contributed by atoms with Crippen LogP contribution in [0.15, 0.2) is 24.5 Å². The summed E-state index contributed by atoms with van der Waals surface area (Å²) in [6.45, 7) is 0.426. The monoisotopic (exact) mass is 500 g/mol. The van der Waals surface area contributed by atoms with E-state index in [1.807, 2.05) is 0 Å². The molecule has 2 heterocycles. The summed E-state index contributed by atoms with van der Waals surface area (Å²) in [6.07, 6.45) is 0.186. The lowest BCUT2D eigenvalue weighted by Gasteiger charge is -2.40. The highest BCUT2D eigenvalue weighted by Crippen LogP contribution is 2.35. The molecule has 0 unspecified atom stereocenters. The van der Waals surface area contributed by atoms with E-state index < -0.39 is 27.6 Å². The minimum absolute atomic E-state index is 0.0316. The molecule has 4 rings (SSSR count). The summed E-state index contributed by atoms with van der Waals surface area (Å²) in [6, 6.07) is 2.30. The number of halogens is 3. The maximum Gasteiger partial charge on any atom is 0.416 e. The lowest BCUT2D eigenvalue weighted by molar-refractivity contribution is -0.137. The second-order valence-electron chi connectivity index (χ2n) is 9.06. The molecule has 1 saturated heterocycles. The summed E-state index contributed by atoms with van der Waals surface area (Å²) in [4.78, 5) is 23.1. The van der Waals surface area contributed by atoms with E-state index in [9.17, 15) is 26.4 Å². The third-order valence-corrected chi connectivity index (χ3v) is 7.69. The molecular weight excluding hydrogens is 473 g/mol. The van der Waals surface area contributed by atoms with Crippen molar-refractivity contribution >= 4 is 32.5 Å². The highest BCUT2D eigenvalue weighted by atomic mass is 32.2. The number of nitrogens with one attached hydrogen (secondary N) is 1. The number of hydrogen-bond donors (Lipinski definition) is 1. The number of rotatable bonds is 6. The normalized spacial score (nSPS) is 26.3. The van der Waals surface area contributed by atoms with E-state index >= 15 is 0 Å². The van der Waals surface area contributed by atoms with Crippen molar-refractivity contribution in [1.29, 1.82) is 0 Å². The van der Waals surface area contributed by atoms with Crippen LogP contribution in [0.25, 0.3) is 10.9 Å². The molecule has 2 aliphatic rings. The minimum atomic E-state index is -4.52. The van der Waals surface area contributed by atoms with Gasteiger partial charge >= 0.3 is 6.18 Å². The largest absolute Gasteiger partial charge is 0.416 e. The van der Waals surface area contributed by atoms with Crippen molar-refractivity contribution < 1.29 is 31.1 Å². The fourth-order valence-electron chi connectivity index (χ4n) is 5.08. The molecule has 34 heavy (non-hydrogen) atoms. The van der Waals surface area contributed by atoms with Gasteiger partial charge in [-0.1, -0.05) is 0 Å². The van der Waals surface area contributed by atoms with Crippen LogP contribution in [-0.4, -0.2) is 73.0 Å². The highest BCUT2D eigenvalue weighted by molar-refractivity contribution is 7.90. The molecule has 1 aromatic carbocycles. The second kappa shape index (κ2) is 9.29. The topological polar surface area (TPSA) is 101 Å². The number of amides is 1. The molecule has 8 nitrogen and oxygen atoms in total. The summed E-state index contributed by atoms with van der Waals surface area (Å²) in [5, 5.41) is 3.19. The number of fused-ring (bicyclic) bond motifs is 1. The summed E-state index contributed by atoms with van der Waals surface area (Å²) >= 11 is 0. The van der Waals surface area contributed by atoms with E-state index in [0.29, 0.717) is 31.3 Å². The van der Waals surface area contributed by atoms with Gasteiger partial charge < -0.3 is 15.0 Å². The molecule has 1 amide bonds. The van der Waals surface area contributed by atoms with Crippen LogP contribution in [0.3, 0.4) is 0 Å². The van der Waals surface area contributed by atoms with E-state index in [1.54, 1.807) is 12.0 Å². The van der Waals surface area contributed by atoms with Gasteiger partial charge in [0.1, 0.15) is 28.0 Å². The molecule has 1 aliphatic heterocycles. The van der Waals surface area contributed by atoms with Gasteiger partial charge in [-0.2, -0.15) is 13.2 Å². The van der Waals surface area contributed by atoms with Gasteiger partial charge in [-0.3, -0.25) is 4.79 Å². The predicted molar refractivity (Wildman–Crippen MR) is 120 cm³/mol. The lowest BCUT2D eigenvalue weighted by Crippen LogP contribution is -2.49. The number of anilines is 1. The first-order valence-corrected chi connectivity index (χ1v) is 13.1. The van der Waals surface area contributed by atoms with Crippen molar-refractivity contribution in [2.45, 2.75) is 50.0 Å². The molecule has 186 valence electrons. The number of hydrogen-bond acceptors (Lipinski definition) is 7. The van der Waals surface area contributed by atoms with E-state index in [2.05, 4.69) is 15.3 Å². The zero-order valence-electron chi connectivity index (χ0n) is 18.9. The molecule has 1 aromatic heterocycles. The van der Waals surface area contributed by atoms with Crippen LogP contribution in [0, 0.1) is 5.92 Å². The van der Waals surface area contributed by atoms with E-state index in [0.717, 1.165) is 18.6 Å². The molecule has 0 radical (unpaired) electrons. The van der Waals surface area contributed by atoms with Gasteiger partial charge in [-0.05, 0) is 49.8 Å². The third kappa shape index (κ3) is 5.27. The fraction of sp³-hybridized carbons (Fsp3) is 0.591. The van der Waals surface area contributed by atoms with Crippen molar-refractivity contribution in [2.75, 3.05) is 31.0 Å². The predicted octanol–water partition coefficient (Wildman–Crippen LogP) is 2.89. The first kappa shape index (κ1) is 24.6. The quantitative estimate of drug-likeness (QED) is 0.651. The number of nitrogens with zero attached hydrogens (tertiary/aromatic N) is 3. The molecule has 0 bridgehead atoms. The van der Waals surface area contributed by atoms with E-state index in [-0.39, 0.29) is 40.9 Å². The Kier molecular flexibility index (Phi) is 6.74. The Balaban J connectivity index is 1.55. The van der Waals surface area contributed by atoms with Crippen LogP contribution in [0.5, 0.6) is 0 Å². The molecule has 2 fully saturated rings. The zero-order valence-corrected chi connectivity index (χ0v) is 19.7. The first-order chi connectivity index (χ1) is 16.0. The second-order valence-corrected chi connectivity index (χ2v) is 11.2.